The van der Waals surface area contributed by atoms with Gasteiger partial charge in [-0.2, -0.15) is 0 Å². The number of hydrogen-bond acceptors (Lipinski definition) is 4. The normalized spacial score (nSPS) is 10.3. The number of rotatable bonds is 5. The molecule has 0 atom stereocenters. The summed E-state index contributed by atoms with van der Waals surface area (Å²) in [7, 11) is 1.63. The number of methoxy groups -OCH3 is 1. The monoisotopic (exact) mass is 368 g/mol. The first-order valence-corrected chi connectivity index (χ1v) is 8.05. The van der Waals surface area contributed by atoms with Gasteiger partial charge in [-0.3, -0.25) is 4.79 Å². The Labute approximate surface area is 136 Å². The van der Waals surface area contributed by atoms with E-state index in [1.54, 1.807) is 18.4 Å². The first-order valence-electron chi connectivity index (χ1n) is 6.44. The van der Waals surface area contributed by atoms with Gasteiger partial charge in [-0.05, 0) is 47.1 Å². The Morgan fingerprint density at radius 1 is 1.38 bits per heavy atom. The Balaban J connectivity index is 2.14. The van der Waals surface area contributed by atoms with E-state index in [9.17, 15) is 4.79 Å². The van der Waals surface area contributed by atoms with E-state index in [0.717, 1.165) is 21.6 Å². The van der Waals surface area contributed by atoms with Gasteiger partial charge in [0.15, 0.2) is 0 Å². The molecule has 0 bridgehead atoms. The fourth-order valence-corrected chi connectivity index (χ4v) is 3.46. The second kappa shape index (κ2) is 6.95. The average molecular weight is 369 g/mol. The van der Waals surface area contributed by atoms with Crippen molar-refractivity contribution in [3.63, 3.8) is 0 Å². The minimum absolute atomic E-state index is 0.0936. The first-order chi connectivity index (χ1) is 9.99. The van der Waals surface area contributed by atoms with Crippen molar-refractivity contribution in [1.29, 1.82) is 0 Å². The minimum atomic E-state index is -0.0936. The summed E-state index contributed by atoms with van der Waals surface area (Å²) in [5, 5.41) is 6.12. The predicted molar refractivity (Wildman–Crippen MR) is 91.4 cm³/mol. The molecule has 2 rings (SSSR count). The van der Waals surface area contributed by atoms with Crippen molar-refractivity contribution in [3.05, 3.63) is 38.5 Å². The summed E-state index contributed by atoms with van der Waals surface area (Å²) in [6, 6.07) is 7.63. The molecule has 21 heavy (non-hydrogen) atoms. The number of thiophene rings is 1. The molecule has 2 N–H and O–H groups in total. The molecule has 112 valence electrons. The van der Waals surface area contributed by atoms with E-state index in [4.69, 9.17) is 4.74 Å². The molecule has 0 unspecified atom stereocenters. The van der Waals surface area contributed by atoms with E-state index in [1.807, 2.05) is 18.2 Å². The van der Waals surface area contributed by atoms with Crippen LogP contribution in [-0.2, 0) is 11.3 Å². The van der Waals surface area contributed by atoms with Gasteiger partial charge in [-0.15, -0.1) is 11.3 Å². The van der Waals surface area contributed by atoms with Gasteiger partial charge in [0.2, 0.25) is 5.91 Å². The molecular formula is C15H17BrN2O2S. The number of aryl methyl sites for hydroxylation is 1. The number of carbonyl (C=O) groups excluding carboxylic acids is 1. The topological polar surface area (TPSA) is 50.4 Å². The average Bonchev–Trinajstić information content (AvgIpc) is 2.75. The van der Waals surface area contributed by atoms with Crippen molar-refractivity contribution in [2.45, 2.75) is 20.4 Å². The molecule has 1 aromatic heterocycles. The highest BCUT2D eigenvalue weighted by Crippen LogP contribution is 2.30. The van der Waals surface area contributed by atoms with Gasteiger partial charge in [-0.25, -0.2) is 0 Å². The molecule has 6 heteroatoms. The summed E-state index contributed by atoms with van der Waals surface area (Å²) in [5.41, 5.74) is 1.60. The molecule has 1 amide bonds. The Bertz CT molecular complexity index is 636. The Kier molecular flexibility index (Phi) is 5.25. The highest BCUT2D eigenvalue weighted by atomic mass is 79.9. The maximum absolute atomic E-state index is 11.1. The van der Waals surface area contributed by atoms with Crippen molar-refractivity contribution in [3.8, 4) is 5.75 Å². The standard InChI is InChI=1S/C15H17BrN2O2S/c1-9-13(16)7-12(21-9)8-17-14-6-11(18-10(2)19)4-5-15(14)20-3/h4-7,17H,8H2,1-3H3,(H,18,19). The van der Waals surface area contributed by atoms with E-state index < -0.39 is 0 Å². The van der Waals surface area contributed by atoms with E-state index >= 15 is 0 Å². The quantitative estimate of drug-likeness (QED) is 0.822. The minimum Gasteiger partial charge on any atom is -0.495 e. The van der Waals surface area contributed by atoms with Crippen LogP contribution in [0, 0.1) is 6.92 Å². The lowest BCUT2D eigenvalue weighted by Crippen LogP contribution is -2.07. The zero-order valence-corrected chi connectivity index (χ0v) is 14.5. The van der Waals surface area contributed by atoms with Crippen LogP contribution in [0.2, 0.25) is 0 Å². The Hall–Kier alpha value is -1.53. The van der Waals surface area contributed by atoms with E-state index in [-0.39, 0.29) is 5.91 Å². The van der Waals surface area contributed by atoms with E-state index in [2.05, 4.69) is 39.6 Å². The number of benzene rings is 1. The van der Waals surface area contributed by atoms with Crippen LogP contribution < -0.4 is 15.4 Å². The third-order valence-corrected chi connectivity index (χ3v) is 5.02. The van der Waals surface area contributed by atoms with Crippen molar-refractivity contribution < 1.29 is 9.53 Å². The van der Waals surface area contributed by atoms with Gasteiger partial charge in [0, 0.05) is 33.4 Å². The van der Waals surface area contributed by atoms with E-state index in [1.165, 1.54) is 16.7 Å². The lowest BCUT2D eigenvalue weighted by Gasteiger charge is -2.12. The molecule has 0 radical (unpaired) electrons. The number of halogens is 1. The highest BCUT2D eigenvalue weighted by Gasteiger charge is 2.07. The van der Waals surface area contributed by atoms with Crippen LogP contribution in [0.3, 0.4) is 0 Å². The fraction of sp³-hybridized carbons (Fsp3) is 0.267. The van der Waals surface area contributed by atoms with Gasteiger partial charge in [0.05, 0.1) is 12.8 Å². The van der Waals surface area contributed by atoms with Gasteiger partial charge >= 0.3 is 0 Å². The second-order valence-electron chi connectivity index (χ2n) is 4.57. The molecule has 0 spiro atoms. The summed E-state index contributed by atoms with van der Waals surface area (Å²) < 4.78 is 6.47. The first kappa shape index (κ1) is 15.9. The van der Waals surface area contributed by atoms with Crippen molar-refractivity contribution in [1.82, 2.24) is 0 Å². The van der Waals surface area contributed by atoms with Crippen LogP contribution in [0.4, 0.5) is 11.4 Å². The highest BCUT2D eigenvalue weighted by molar-refractivity contribution is 9.10. The van der Waals surface area contributed by atoms with Crippen LogP contribution in [0.5, 0.6) is 5.75 Å². The van der Waals surface area contributed by atoms with Crippen LogP contribution in [0.15, 0.2) is 28.7 Å². The number of ether oxygens (including phenoxy) is 1. The number of carbonyl (C=O) groups is 1. The summed E-state index contributed by atoms with van der Waals surface area (Å²) in [6.07, 6.45) is 0. The summed E-state index contributed by atoms with van der Waals surface area (Å²) >= 11 is 5.26. The van der Waals surface area contributed by atoms with Crippen molar-refractivity contribution in [2.24, 2.45) is 0 Å². The van der Waals surface area contributed by atoms with Crippen LogP contribution in [-0.4, -0.2) is 13.0 Å². The van der Waals surface area contributed by atoms with Crippen LogP contribution in [0.1, 0.15) is 16.7 Å². The maximum atomic E-state index is 11.1. The SMILES string of the molecule is COc1ccc(NC(C)=O)cc1NCc1cc(Br)c(C)s1. The molecule has 0 aliphatic heterocycles. The van der Waals surface area contributed by atoms with Crippen LogP contribution >= 0.6 is 27.3 Å². The maximum Gasteiger partial charge on any atom is 0.221 e. The largest absolute Gasteiger partial charge is 0.495 e. The number of hydrogen-bond donors (Lipinski definition) is 2. The lowest BCUT2D eigenvalue weighted by atomic mass is 10.2. The lowest BCUT2D eigenvalue weighted by molar-refractivity contribution is -0.114. The van der Waals surface area contributed by atoms with Crippen LogP contribution in [0.25, 0.3) is 0 Å². The van der Waals surface area contributed by atoms with E-state index in [0.29, 0.717) is 6.54 Å². The predicted octanol–water partition coefficient (Wildman–Crippen LogP) is 4.40. The molecule has 1 heterocycles. The fourth-order valence-electron chi connectivity index (χ4n) is 1.91. The third kappa shape index (κ3) is 4.22. The molecule has 1 aromatic carbocycles. The van der Waals surface area contributed by atoms with Gasteiger partial charge < -0.3 is 15.4 Å². The zero-order valence-electron chi connectivity index (χ0n) is 12.1. The van der Waals surface area contributed by atoms with Gasteiger partial charge in [0.25, 0.3) is 0 Å². The van der Waals surface area contributed by atoms with Gasteiger partial charge in [0.1, 0.15) is 5.75 Å². The molecule has 4 nitrogen and oxygen atoms in total. The van der Waals surface area contributed by atoms with Crippen molar-refractivity contribution in [2.75, 3.05) is 17.7 Å². The smallest absolute Gasteiger partial charge is 0.221 e. The van der Waals surface area contributed by atoms with Crippen molar-refractivity contribution >= 4 is 44.5 Å². The second-order valence-corrected chi connectivity index (χ2v) is 6.76. The number of anilines is 2. The Morgan fingerprint density at radius 2 is 2.14 bits per heavy atom. The molecule has 0 saturated heterocycles. The molecule has 0 aliphatic carbocycles. The number of nitrogens with one attached hydrogen (secondary N) is 2. The molecular weight excluding hydrogens is 352 g/mol. The summed E-state index contributed by atoms with van der Waals surface area (Å²) in [4.78, 5) is 13.6. The molecule has 2 aromatic rings. The summed E-state index contributed by atoms with van der Waals surface area (Å²) in [6.45, 7) is 4.27. The Morgan fingerprint density at radius 3 is 2.71 bits per heavy atom. The molecule has 0 aliphatic rings. The third-order valence-electron chi connectivity index (χ3n) is 2.88. The molecule has 0 fully saturated rings. The number of amides is 1. The zero-order chi connectivity index (χ0) is 15.4. The summed E-state index contributed by atoms with van der Waals surface area (Å²) in [5.74, 6) is 0.653. The molecule has 0 saturated carbocycles. The van der Waals surface area contributed by atoms with Gasteiger partial charge in [-0.1, -0.05) is 0 Å².